The van der Waals surface area contributed by atoms with Crippen molar-refractivity contribution in [2.24, 2.45) is 0 Å². The molecule has 0 fully saturated rings. The van der Waals surface area contributed by atoms with Crippen LogP contribution in [-0.2, 0) is 5.41 Å². The molecule has 0 saturated carbocycles. The van der Waals surface area contributed by atoms with E-state index in [1.165, 1.54) is 0 Å². The Morgan fingerprint density at radius 2 is 1.50 bits per heavy atom. The molecule has 2 aromatic heterocycles. The first kappa shape index (κ1) is 25.6. The largest absolute Gasteiger partial charge is 0.455 e. The summed E-state index contributed by atoms with van der Waals surface area (Å²) in [7, 11) is 12.6. The van der Waals surface area contributed by atoms with Crippen molar-refractivity contribution in [3.05, 3.63) is 102 Å². The maximum absolute atomic E-state index is 15.6. The molecule has 6 rings (SSSR count). The summed E-state index contributed by atoms with van der Waals surface area (Å²) in [4.78, 5) is 4.55. The second-order valence-corrected chi connectivity index (χ2v) is 10.9. The Morgan fingerprint density at radius 1 is 0.800 bits per heavy atom. The smallest absolute Gasteiger partial charge is 0.144 e. The van der Waals surface area contributed by atoms with Crippen molar-refractivity contribution in [3.8, 4) is 39.6 Å². The van der Waals surface area contributed by atoms with Crippen LogP contribution >= 0.6 is 0 Å². The molecular formula is C34H23B2FN2O. The van der Waals surface area contributed by atoms with E-state index in [2.05, 4.69) is 35.3 Å². The first-order chi connectivity index (χ1) is 19.2. The maximum atomic E-state index is 15.6. The van der Waals surface area contributed by atoms with Gasteiger partial charge < -0.3 is 4.42 Å². The number of pyridine rings is 1. The fourth-order valence-electron chi connectivity index (χ4n) is 5.41. The number of hydrogen-bond donors (Lipinski definition) is 0. The first-order valence-corrected chi connectivity index (χ1v) is 13.0. The molecule has 4 aromatic carbocycles. The Bertz CT molecular complexity index is 1980. The number of aromatic nitrogens is 1. The highest BCUT2D eigenvalue weighted by Crippen LogP contribution is 2.41. The van der Waals surface area contributed by atoms with Crippen LogP contribution in [-0.4, -0.2) is 20.7 Å². The molecule has 0 aliphatic heterocycles. The lowest BCUT2D eigenvalue weighted by molar-refractivity contribution is 0.529. The Hall–Kier alpha value is -4.62. The minimum atomic E-state index is -0.584. The number of halogens is 1. The molecule has 0 unspecified atom stereocenters. The van der Waals surface area contributed by atoms with Gasteiger partial charge in [-0.3, -0.25) is 4.98 Å². The van der Waals surface area contributed by atoms with Crippen LogP contribution in [0.4, 0.5) is 4.39 Å². The monoisotopic (exact) mass is 516 g/mol. The molecule has 40 heavy (non-hydrogen) atoms. The standard InChI is InChI=1S/C34H23B2FN2O/c1-34(2,3)27-29(37)28(35)30(39-33(27)36)25-14-8-13-24-26-22(18-38)15-16-23(32(26)40-31(24)25)21-12-7-11-20(17-21)19-9-5-4-6-10-19/h4-17H,1-3H3. The lowest BCUT2D eigenvalue weighted by Crippen LogP contribution is -2.34. The summed E-state index contributed by atoms with van der Waals surface area (Å²) in [5.74, 6) is -0.584. The molecule has 0 N–H and O–H groups in total. The van der Waals surface area contributed by atoms with Crippen LogP contribution in [0.1, 0.15) is 31.9 Å². The van der Waals surface area contributed by atoms with Gasteiger partial charge in [-0.05, 0) is 57.4 Å². The number of nitriles is 1. The van der Waals surface area contributed by atoms with Gasteiger partial charge in [-0.25, -0.2) is 4.39 Å². The first-order valence-electron chi connectivity index (χ1n) is 13.0. The summed E-state index contributed by atoms with van der Waals surface area (Å²) in [6.07, 6.45) is 0. The molecule has 6 heteroatoms. The van der Waals surface area contributed by atoms with Gasteiger partial charge in [-0.2, -0.15) is 5.26 Å². The van der Waals surface area contributed by atoms with Gasteiger partial charge in [0.1, 0.15) is 32.7 Å². The average molecular weight is 516 g/mol. The molecule has 0 amide bonds. The van der Waals surface area contributed by atoms with Gasteiger partial charge in [0.2, 0.25) is 0 Å². The topological polar surface area (TPSA) is 49.8 Å². The van der Waals surface area contributed by atoms with E-state index in [1.807, 2.05) is 69.3 Å². The Kier molecular flexibility index (Phi) is 6.11. The zero-order chi connectivity index (χ0) is 28.2. The van der Waals surface area contributed by atoms with Crippen molar-refractivity contribution in [2.45, 2.75) is 26.2 Å². The summed E-state index contributed by atoms with van der Waals surface area (Å²) in [6.45, 7) is 5.58. The summed E-state index contributed by atoms with van der Waals surface area (Å²) in [6, 6.07) is 29.8. The zero-order valence-electron chi connectivity index (χ0n) is 22.4. The highest BCUT2D eigenvalue weighted by molar-refractivity contribution is 6.38. The molecule has 0 aliphatic rings. The molecule has 0 spiro atoms. The lowest BCUT2D eigenvalue weighted by Gasteiger charge is -2.24. The van der Waals surface area contributed by atoms with E-state index in [9.17, 15) is 5.26 Å². The van der Waals surface area contributed by atoms with Gasteiger partial charge >= 0.3 is 0 Å². The number of nitrogens with zero attached hydrogens (tertiary/aromatic N) is 2. The van der Waals surface area contributed by atoms with Crippen LogP contribution in [0.2, 0.25) is 0 Å². The molecule has 0 bridgehead atoms. The number of hydrogen-bond acceptors (Lipinski definition) is 3. The van der Waals surface area contributed by atoms with Gasteiger partial charge in [0.25, 0.3) is 0 Å². The third-order valence-corrected chi connectivity index (χ3v) is 7.25. The van der Waals surface area contributed by atoms with E-state index in [1.54, 1.807) is 12.1 Å². The van der Waals surface area contributed by atoms with Crippen LogP contribution < -0.4 is 11.1 Å². The van der Waals surface area contributed by atoms with E-state index >= 15 is 4.39 Å². The van der Waals surface area contributed by atoms with Gasteiger partial charge in [-0.15, -0.1) is 0 Å². The van der Waals surface area contributed by atoms with Crippen molar-refractivity contribution < 1.29 is 8.81 Å². The third kappa shape index (κ3) is 4.10. The van der Waals surface area contributed by atoms with E-state index in [4.69, 9.17) is 20.1 Å². The maximum Gasteiger partial charge on any atom is 0.144 e. The zero-order valence-corrected chi connectivity index (χ0v) is 22.4. The van der Waals surface area contributed by atoms with Crippen molar-refractivity contribution in [3.63, 3.8) is 0 Å². The molecule has 0 aliphatic carbocycles. The van der Waals surface area contributed by atoms with Crippen LogP contribution in [0.25, 0.3) is 55.4 Å². The lowest BCUT2D eigenvalue weighted by atomic mass is 9.76. The van der Waals surface area contributed by atoms with Gasteiger partial charge in [0, 0.05) is 27.5 Å². The Balaban J connectivity index is 1.62. The molecule has 3 nitrogen and oxygen atoms in total. The highest BCUT2D eigenvalue weighted by Gasteiger charge is 2.26. The average Bonchev–Trinajstić information content (AvgIpc) is 3.34. The summed E-state index contributed by atoms with van der Waals surface area (Å²) < 4.78 is 22.1. The second-order valence-electron chi connectivity index (χ2n) is 10.9. The Labute approximate surface area is 235 Å². The summed E-state index contributed by atoms with van der Waals surface area (Å²) in [5, 5.41) is 11.4. The van der Waals surface area contributed by atoms with Crippen LogP contribution in [0.15, 0.2) is 89.3 Å². The molecule has 2 heterocycles. The molecule has 188 valence electrons. The van der Waals surface area contributed by atoms with Crippen LogP contribution in [0.3, 0.4) is 0 Å². The van der Waals surface area contributed by atoms with E-state index < -0.39 is 11.2 Å². The minimum Gasteiger partial charge on any atom is -0.455 e. The molecule has 0 atom stereocenters. The number of furan rings is 1. The predicted molar refractivity (Wildman–Crippen MR) is 162 cm³/mol. The molecule has 4 radical (unpaired) electrons. The quantitative estimate of drug-likeness (QED) is 0.241. The van der Waals surface area contributed by atoms with Crippen molar-refractivity contribution in [1.82, 2.24) is 4.98 Å². The van der Waals surface area contributed by atoms with Gasteiger partial charge in [0.15, 0.2) is 0 Å². The van der Waals surface area contributed by atoms with Crippen LogP contribution in [0, 0.1) is 17.1 Å². The summed E-state index contributed by atoms with van der Waals surface area (Å²) >= 11 is 0. The van der Waals surface area contributed by atoms with Crippen molar-refractivity contribution >= 4 is 48.7 Å². The number of para-hydroxylation sites is 1. The van der Waals surface area contributed by atoms with Gasteiger partial charge in [0.05, 0.1) is 17.3 Å². The number of fused-ring (bicyclic) bond motifs is 3. The fourth-order valence-corrected chi connectivity index (χ4v) is 5.41. The SMILES string of the molecule is [B]c1nc(-c2cccc3c2oc2c(-c4cccc(-c5ccccc5)c4)ccc(C#N)c23)c([B])c(F)c1C(C)(C)C. The molecule has 0 saturated heterocycles. The summed E-state index contributed by atoms with van der Waals surface area (Å²) in [5.41, 5.74) is 5.83. The van der Waals surface area contributed by atoms with E-state index in [0.29, 0.717) is 33.1 Å². The Morgan fingerprint density at radius 3 is 2.23 bits per heavy atom. The van der Waals surface area contributed by atoms with Crippen LogP contribution in [0.5, 0.6) is 0 Å². The molecular weight excluding hydrogens is 493 g/mol. The third-order valence-electron chi connectivity index (χ3n) is 7.25. The van der Waals surface area contributed by atoms with E-state index in [-0.39, 0.29) is 22.3 Å². The second kappa shape index (κ2) is 9.54. The minimum absolute atomic E-state index is 0.0819. The number of benzene rings is 4. The van der Waals surface area contributed by atoms with E-state index in [0.717, 1.165) is 22.3 Å². The fraction of sp³-hybridized carbons (Fsp3) is 0.118. The predicted octanol–water partition coefficient (Wildman–Crippen LogP) is 6.88. The van der Waals surface area contributed by atoms with Gasteiger partial charge in [-0.1, -0.05) is 81.4 Å². The number of rotatable bonds is 3. The van der Waals surface area contributed by atoms with Crippen molar-refractivity contribution in [2.75, 3.05) is 0 Å². The van der Waals surface area contributed by atoms with Crippen molar-refractivity contribution in [1.29, 1.82) is 5.26 Å². The molecule has 6 aromatic rings. The highest BCUT2D eigenvalue weighted by atomic mass is 19.1. The normalized spacial score (nSPS) is 11.7.